The van der Waals surface area contributed by atoms with Crippen LogP contribution in [0.15, 0.2) is 42.7 Å². The van der Waals surface area contributed by atoms with Gasteiger partial charge in [-0.1, -0.05) is 23.7 Å². The third-order valence-electron chi connectivity index (χ3n) is 6.12. The van der Waals surface area contributed by atoms with Crippen LogP contribution in [0.1, 0.15) is 34.9 Å². The van der Waals surface area contributed by atoms with Crippen LogP contribution < -0.4 is 9.47 Å². The molecule has 2 unspecified atom stereocenters. The molecule has 9 nitrogen and oxygen atoms in total. The Balaban J connectivity index is 1.27. The number of ether oxygens (including phenoxy) is 2. The lowest BCUT2D eigenvalue weighted by Crippen LogP contribution is -2.54. The minimum Gasteiger partial charge on any atom is -0.486 e. The van der Waals surface area contributed by atoms with Crippen LogP contribution in [0.5, 0.6) is 11.5 Å². The van der Waals surface area contributed by atoms with Gasteiger partial charge in [0, 0.05) is 31.2 Å². The molecule has 2 atom stereocenters. The number of aryl methyl sites for hydroxylation is 1. The number of aliphatic hydroxyl groups excluding tert-OH is 1. The summed E-state index contributed by atoms with van der Waals surface area (Å²) >= 11 is 6.32. The average Bonchev–Trinajstić information content (AvgIpc) is 3.33. The fourth-order valence-electron chi connectivity index (χ4n) is 4.36. The molecule has 10 heteroatoms. The van der Waals surface area contributed by atoms with Crippen LogP contribution in [-0.2, 0) is 0 Å². The highest BCUT2D eigenvalue weighted by Gasteiger charge is 2.33. The Kier molecular flexibility index (Phi) is 6.16. The maximum Gasteiger partial charge on any atom is 0.254 e. The lowest BCUT2D eigenvalue weighted by Gasteiger charge is -2.41. The molecular formula is C24H26ClN5O4. The van der Waals surface area contributed by atoms with E-state index in [-0.39, 0.29) is 11.9 Å². The standard InChI is InChI=1S/C24H26ClN5O4/c1-15-4-3-5-18(10-15)30-14-26-22(27-30)24(32)28-6-7-29(16(2)13-28)23(31)17-11-19(25)21-20(12-17)33-8-9-34-21/h3-5,10-12,14,16,24,32H,6-9,13H2,1-2H3. The van der Waals surface area contributed by atoms with E-state index in [2.05, 4.69) is 10.1 Å². The first-order chi connectivity index (χ1) is 16.4. The normalized spacial score (nSPS) is 19.2. The smallest absolute Gasteiger partial charge is 0.254 e. The number of hydrogen-bond acceptors (Lipinski definition) is 7. The van der Waals surface area contributed by atoms with Crippen molar-refractivity contribution in [2.24, 2.45) is 0 Å². The summed E-state index contributed by atoms with van der Waals surface area (Å²) in [6, 6.07) is 11.1. The molecule has 2 aliphatic heterocycles. The Hall–Kier alpha value is -3.14. The predicted octanol–water partition coefficient (Wildman–Crippen LogP) is 2.84. The van der Waals surface area contributed by atoms with Gasteiger partial charge in [0.05, 0.1) is 10.7 Å². The van der Waals surface area contributed by atoms with E-state index in [0.717, 1.165) is 11.3 Å². The Labute approximate surface area is 202 Å². The van der Waals surface area contributed by atoms with Gasteiger partial charge in [-0.05, 0) is 43.7 Å². The first-order valence-electron chi connectivity index (χ1n) is 11.2. The maximum absolute atomic E-state index is 13.2. The number of aromatic nitrogens is 3. The van der Waals surface area contributed by atoms with E-state index in [0.29, 0.717) is 60.8 Å². The topological polar surface area (TPSA) is 93.0 Å². The number of carbonyl (C=O) groups is 1. The highest BCUT2D eigenvalue weighted by molar-refractivity contribution is 6.32. The number of fused-ring (bicyclic) bond motifs is 1. The van der Waals surface area contributed by atoms with Gasteiger partial charge in [0.15, 0.2) is 23.6 Å². The molecule has 2 aliphatic rings. The number of hydrogen-bond donors (Lipinski definition) is 1. The van der Waals surface area contributed by atoms with Crippen LogP contribution in [0.25, 0.3) is 5.69 Å². The number of rotatable bonds is 4. The Bertz CT molecular complexity index is 1220. The number of aliphatic hydroxyl groups is 1. The first kappa shape index (κ1) is 22.6. The van der Waals surface area contributed by atoms with Crippen molar-refractivity contribution in [2.75, 3.05) is 32.8 Å². The largest absolute Gasteiger partial charge is 0.486 e. The molecule has 3 heterocycles. The highest BCUT2D eigenvalue weighted by atomic mass is 35.5. The number of halogens is 1. The Morgan fingerprint density at radius 3 is 2.82 bits per heavy atom. The quantitative estimate of drug-likeness (QED) is 0.610. The van der Waals surface area contributed by atoms with Gasteiger partial charge in [0.25, 0.3) is 5.91 Å². The van der Waals surface area contributed by atoms with Crippen molar-refractivity contribution >= 4 is 17.5 Å². The Morgan fingerprint density at radius 1 is 1.21 bits per heavy atom. The van der Waals surface area contributed by atoms with Crippen LogP contribution in [0, 0.1) is 6.92 Å². The van der Waals surface area contributed by atoms with E-state index in [1.54, 1.807) is 28.0 Å². The molecule has 0 aliphatic carbocycles. The maximum atomic E-state index is 13.2. The van der Waals surface area contributed by atoms with Crippen molar-refractivity contribution < 1.29 is 19.4 Å². The monoisotopic (exact) mass is 483 g/mol. The lowest BCUT2D eigenvalue weighted by molar-refractivity contribution is -0.0430. The third-order valence-corrected chi connectivity index (χ3v) is 6.40. The molecule has 0 spiro atoms. The molecule has 34 heavy (non-hydrogen) atoms. The van der Waals surface area contributed by atoms with Crippen molar-refractivity contribution in [3.05, 3.63) is 64.7 Å². The molecule has 3 aromatic rings. The lowest BCUT2D eigenvalue weighted by atomic mass is 10.1. The average molecular weight is 484 g/mol. The molecule has 1 amide bonds. The van der Waals surface area contributed by atoms with Gasteiger partial charge in [-0.25, -0.2) is 9.67 Å². The molecule has 5 rings (SSSR count). The molecule has 1 fully saturated rings. The molecule has 1 N–H and O–H groups in total. The predicted molar refractivity (Wildman–Crippen MR) is 126 cm³/mol. The minimum absolute atomic E-state index is 0.137. The van der Waals surface area contributed by atoms with E-state index >= 15 is 0 Å². The van der Waals surface area contributed by atoms with Crippen molar-refractivity contribution in [1.82, 2.24) is 24.6 Å². The third kappa shape index (κ3) is 4.34. The number of amides is 1. The second-order valence-corrected chi connectivity index (χ2v) is 8.99. The fourth-order valence-corrected chi connectivity index (χ4v) is 4.63. The minimum atomic E-state index is -0.963. The zero-order chi connectivity index (χ0) is 23.8. The molecule has 0 radical (unpaired) electrons. The van der Waals surface area contributed by atoms with Gasteiger partial charge in [0.2, 0.25) is 0 Å². The summed E-state index contributed by atoms with van der Waals surface area (Å²) in [5, 5.41) is 15.8. The van der Waals surface area contributed by atoms with Crippen molar-refractivity contribution in [2.45, 2.75) is 26.1 Å². The van der Waals surface area contributed by atoms with Gasteiger partial charge >= 0.3 is 0 Å². The van der Waals surface area contributed by atoms with Gasteiger partial charge in [0.1, 0.15) is 19.5 Å². The molecule has 1 saturated heterocycles. The van der Waals surface area contributed by atoms with Crippen molar-refractivity contribution in [3.63, 3.8) is 0 Å². The number of piperazine rings is 1. The zero-order valence-electron chi connectivity index (χ0n) is 19.0. The second-order valence-electron chi connectivity index (χ2n) is 8.58. The summed E-state index contributed by atoms with van der Waals surface area (Å²) in [6.07, 6.45) is 0.636. The van der Waals surface area contributed by atoms with Crippen LogP contribution in [-0.4, -0.2) is 74.5 Å². The van der Waals surface area contributed by atoms with E-state index < -0.39 is 6.23 Å². The molecule has 2 aromatic carbocycles. The van der Waals surface area contributed by atoms with E-state index in [1.807, 2.05) is 43.0 Å². The van der Waals surface area contributed by atoms with Crippen LogP contribution in [0.2, 0.25) is 5.02 Å². The van der Waals surface area contributed by atoms with Gasteiger partial charge in [-0.2, -0.15) is 0 Å². The highest BCUT2D eigenvalue weighted by Crippen LogP contribution is 2.38. The molecular weight excluding hydrogens is 458 g/mol. The van der Waals surface area contributed by atoms with Crippen LogP contribution in [0.4, 0.5) is 0 Å². The number of nitrogens with zero attached hydrogens (tertiary/aromatic N) is 5. The fraction of sp³-hybridized carbons (Fsp3) is 0.375. The van der Waals surface area contributed by atoms with Crippen molar-refractivity contribution in [3.8, 4) is 17.2 Å². The number of carbonyl (C=O) groups excluding carboxylic acids is 1. The summed E-state index contributed by atoms with van der Waals surface area (Å²) in [5.41, 5.74) is 2.45. The summed E-state index contributed by atoms with van der Waals surface area (Å²) in [6.45, 7) is 6.22. The Morgan fingerprint density at radius 2 is 2.03 bits per heavy atom. The van der Waals surface area contributed by atoms with Crippen LogP contribution in [0.3, 0.4) is 0 Å². The van der Waals surface area contributed by atoms with Gasteiger partial charge < -0.3 is 19.5 Å². The molecule has 178 valence electrons. The van der Waals surface area contributed by atoms with Crippen molar-refractivity contribution in [1.29, 1.82) is 0 Å². The summed E-state index contributed by atoms with van der Waals surface area (Å²) < 4.78 is 12.8. The zero-order valence-corrected chi connectivity index (χ0v) is 19.8. The second kappa shape index (κ2) is 9.25. The van der Waals surface area contributed by atoms with E-state index in [9.17, 15) is 9.90 Å². The molecule has 0 saturated carbocycles. The summed E-state index contributed by atoms with van der Waals surface area (Å²) in [5.74, 6) is 1.15. The van der Waals surface area contributed by atoms with Gasteiger partial charge in [-0.3, -0.25) is 9.69 Å². The first-order valence-corrected chi connectivity index (χ1v) is 11.6. The SMILES string of the molecule is Cc1cccc(-n2cnc(C(O)N3CCN(C(=O)c4cc(Cl)c5c(c4)OCCO5)C(C)C3)n2)c1. The molecule has 0 bridgehead atoms. The summed E-state index contributed by atoms with van der Waals surface area (Å²) in [7, 11) is 0. The van der Waals surface area contributed by atoms with E-state index in [1.165, 1.54) is 0 Å². The van der Waals surface area contributed by atoms with E-state index in [4.69, 9.17) is 21.1 Å². The van der Waals surface area contributed by atoms with Crippen LogP contribution >= 0.6 is 11.6 Å². The molecule has 1 aromatic heterocycles. The van der Waals surface area contributed by atoms with Gasteiger partial charge in [-0.15, -0.1) is 5.10 Å². The summed E-state index contributed by atoms with van der Waals surface area (Å²) in [4.78, 5) is 21.2. The number of benzene rings is 2.